The lowest BCUT2D eigenvalue weighted by Gasteiger charge is -2.31. The molecule has 2 atom stereocenters. The van der Waals surface area contributed by atoms with Gasteiger partial charge in [-0.1, -0.05) is 6.92 Å². The molecule has 2 N–H and O–H groups in total. The third-order valence-corrected chi connectivity index (χ3v) is 2.45. The highest BCUT2D eigenvalue weighted by molar-refractivity contribution is 4.82. The first-order valence-electron chi connectivity index (χ1n) is 5.75. The second kappa shape index (κ2) is 6.43. The van der Waals surface area contributed by atoms with Crippen LogP contribution in [0, 0.1) is 0 Å². The predicted molar refractivity (Wildman–Crippen MR) is 59.0 cm³/mol. The highest BCUT2D eigenvalue weighted by Gasteiger charge is 2.26. The van der Waals surface area contributed by atoms with Crippen LogP contribution in [0.5, 0.6) is 0 Å². The summed E-state index contributed by atoms with van der Waals surface area (Å²) in [5, 5.41) is 13.4. The molecular weight excluding hydrogens is 194 g/mol. The summed E-state index contributed by atoms with van der Waals surface area (Å²) >= 11 is 0. The van der Waals surface area contributed by atoms with Gasteiger partial charge in [0.15, 0.2) is 0 Å². The maximum atomic E-state index is 10.1. The second-order valence-corrected chi connectivity index (χ2v) is 4.48. The lowest BCUT2D eigenvalue weighted by molar-refractivity contribution is -0.0544. The van der Waals surface area contributed by atoms with Gasteiger partial charge in [0, 0.05) is 19.2 Å². The van der Waals surface area contributed by atoms with Crippen LogP contribution < -0.4 is 5.32 Å². The Balaban J connectivity index is 2.20. The Labute approximate surface area is 92.0 Å². The van der Waals surface area contributed by atoms with E-state index < -0.39 is 5.60 Å². The number of aliphatic hydroxyl groups is 1. The minimum atomic E-state index is -0.756. The molecule has 0 radical (unpaired) electrons. The molecule has 0 spiro atoms. The quantitative estimate of drug-likeness (QED) is 0.638. The van der Waals surface area contributed by atoms with E-state index in [0.29, 0.717) is 26.2 Å². The SMILES string of the molecule is CCCOCC(C)(O)CC1COCCN1. The second-order valence-electron chi connectivity index (χ2n) is 4.48. The van der Waals surface area contributed by atoms with Crippen LogP contribution in [0.2, 0.25) is 0 Å². The third kappa shape index (κ3) is 5.47. The number of ether oxygens (including phenoxy) is 2. The molecule has 4 nitrogen and oxygen atoms in total. The fourth-order valence-corrected chi connectivity index (χ4v) is 1.78. The van der Waals surface area contributed by atoms with Gasteiger partial charge in [0.05, 0.1) is 25.4 Å². The van der Waals surface area contributed by atoms with E-state index >= 15 is 0 Å². The number of nitrogens with one attached hydrogen (secondary N) is 1. The molecule has 90 valence electrons. The van der Waals surface area contributed by atoms with Crippen LogP contribution in [-0.2, 0) is 9.47 Å². The van der Waals surface area contributed by atoms with Gasteiger partial charge < -0.3 is 19.9 Å². The van der Waals surface area contributed by atoms with Gasteiger partial charge in [0.1, 0.15) is 0 Å². The zero-order chi connectivity index (χ0) is 11.1. The smallest absolute Gasteiger partial charge is 0.0867 e. The van der Waals surface area contributed by atoms with Crippen LogP contribution in [0.15, 0.2) is 0 Å². The van der Waals surface area contributed by atoms with Crippen molar-refractivity contribution in [1.82, 2.24) is 5.32 Å². The normalized spacial score (nSPS) is 26.2. The van der Waals surface area contributed by atoms with Gasteiger partial charge in [-0.05, 0) is 19.8 Å². The summed E-state index contributed by atoms with van der Waals surface area (Å²) in [5.74, 6) is 0. The van der Waals surface area contributed by atoms with Gasteiger partial charge in [0.25, 0.3) is 0 Å². The summed E-state index contributed by atoms with van der Waals surface area (Å²) in [7, 11) is 0. The van der Waals surface area contributed by atoms with Crippen molar-refractivity contribution in [3.63, 3.8) is 0 Å². The number of morpholine rings is 1. The molecule has 0 saturated carbocycles. The van der Waals surface area contributed by atoms with Crippen LogP contribution in [0.25, 0.3) is 0 Å². The summed E-state index contributed by atoms with van der Waals surface area (Å²) in [6, 6.07) is 0.249. The Bertz CT molecular complexity index is 167. The van der Waals surface area contributed by atoms with Crippen LogP contribution in [-0.4, -0.2) is 49.7 Å². The fourth-order valence-electron chi connectivity index (χ4n) is 1.78. The Hall–Kier alpha value is -0.160. The van der Waals surface area contributed by atoms with Crippen molar-refractivity contribution in [3.05, 3.63) is 0 Å². The number of rotatable bonds is 6. The van der Waals surface area contributed by atoms with E-state index in [1.165, 1.54) is 0 Å². The summed E-state index contributed by atoms with van der Waals surface area (Å²) < 4.78 is 10.7. The summed E-state index contributed by atoms with van der Waals surface area (Å²) in [4.78, 5) is 0. The minimum absolute atomic E-state index is 0.249. The molecule has 1 aliphatic heterocycles. The Morgan fingerprint density at radius 3 is 3.00 bits per heavy atom. The van der Waals surface area contributed by atoms with Crippen molar-refractivity contribution in [1.29, 1.82) is 0 Å². The number of hydrogen-bond donors (Lipinski definition) is 2. The molecule has 0 aromatic carbocycles. The van der Waals surface area contributed by atoms with Crippen LogP contribution in [0.3, 0.4) is 0 Å². The summed E-state index contributed by atoms with van der Waals surface area (Å²) in [5.41, 5.74) is -0.756. The molecule has 1 aliphatic rings. The van der Waals surface area contributed by atoms with E-state index in [1.54, 1.807) is 0 Å². The fraction of sp³-hybridized carbons (Fsp3) is 1.00. The van der Waals surface area contributed by atoms with Gasteiger partial charge in [-0.15, -0.1) is 0 Å². The van der Waals surface area contributed by atoms with E-state index in [2.05, 4.69) is 12.2 Å². The third-order valence-electron chi connectivity index (χ3n) is 2.45. The Kier molecular flexibility index (Phi) is 5.53. The molecule has 1 heterocycles. The lowest BCUT2D eigenvalue weighted by Crippen LogP contribution is -2.47. The zero-order valence-corrected chi connectivity index (χ0v) is 9.79. The largest absolute Gasteiger partial charge is 0.388 e. The van der Waals surface area contributed by atoms with Gasteiger partial charge in [0.2, 0.25) is 0 Å². The highest BCUT2D eigenvalue weighted by atomic mass is 16.5. The van der Waals surface area contributed by atoms with E-state index in [-0.39, 0.29) is 6.04 Å². The average molecular weight is 217 g/mol. The van der Waals surface area contributed by atoms with E-state index in [1.807, 2.05) is 6.92 Å². The maximum absolute atomic E-state index is 10.1. The lowest BCUT2D eigenvalue weighted by atomic mass is 9.97. The topological polar surface area (TPSA) is 50.7 Å². The molecule has 0 aliphatic carbocycles. The van der Waals surface area contributed by atoms with E-state index in [9.17, 15) is 5.11 Å². The van der Waals surface area contributed by atoms with Crippen LogP contribution in [0.1, 0.15) is 26.7 Å². The first-order chi connectivity index (χ1) is 7.14. The van der Waals surface area contributed by atoms with Crippen molar-refractivity contribution in [2.24, 2.45) is 0 Å². The van der Waals surface area contributed by atoms with Gasteiger partial charge in [-0.3, -0.25) is 0 Å². The molecule has 0 aromatic heterocycles. The minimum Gasteiger partial charge on any atom is -0.388 e. The molecule has 2 unspecified atom stereocenters. The Morgan fingerprint density at radius 2 is 2.40 bits per heavy atom. The van der Waals surface area contributed by atoms with Crippen molar-refractivity contribution >= 4 is 0 Å². The van der Waals surface area contributed by atoms with E-state index in [0.717, 1.165) is 19.6 Å². The van der Waals surface area contributed by atoms with Crippen molar-refractivity contribution in [2.75, 3.05) is 33.0 Å². The molecule has 1 rings (SSSR count). The van der Waals surface area contributed by atoms with Gasteiger partial charge in [-0.2, -0.15) is 0 Å². The van der Waals surface area contributed by atoms with E-state index in [4.69, 9.17) is 9.47 Å². The molecule has 4 heteroatoms. The number of hydrogen-bond acceptors (Lipinski definition) is 4. The van der Waals surface area contributed by atoms with Crippen LogP contribution in [0.4, 0.5) is 0 Å². The average Bonchev–Trinajstić information content (AvgIpc) is 2.18. The highest BCUT2D eigenvalue weighted by Crippen LogP contribution is 2.14. The molecule has 0 bridgehead atoms. The predicted octanol–water partition coefficient (Wildman–Crippen LogP) is 0.542. The van der Waals surface area contributed by atoms with Gasteiger partial charge in [-0.25, -0.2) is 0 Å². The molecule has 1 fully saturated rings. The van der Waals surface area contributed by atoms with Crippen LogP contribution >= 0.6 is 0 Å². The molecule has 15 heavy (non-hydrogen) atoms. The van der Waals surface area contributed by atoms with Gasteiger partial charge >= 0.3 is 0 Å². The molecule has 1 saturated heterocycles. The standard InChI is InChI=1S/C11H23NO3/c1-3-5-15-9-11(2,13)7-10-8-14-6-4-12-10/h10,12-13H,3-9H2,1-2H3. The van der Waals surface area contributed by atoms with Crippen molar-refractivity contribution in [3.8, 4) is 0 Å². The summed E-state index contributed by atoms with van der Waals surface area (Å²) in [6.45, 7) is 7.32. The first kappa shape index (κ1) is 12.9. The molecular formula is C11H23NO3. The van der Waals surface area contributed by atoms with Crippen molar-refractivity contribution < 1.29 is 14.6 Å². The Morgan fingerprint density at radius 1 is 1.60 bits per heavy atom. The van der Waals surface area contributed by atoms with Crippen molar-refractivity contribution in [2.45, 2.75) is 38.3 Å². The monoisotopic (exact) mass is 217 g/mol. The molecule has 0 amide bonds. The maximum Gasteiger partial charge on any atom is 0.0867 e. The molecule has 0 aromatic rings. The summed E-state index contributed by atoms with van der Waals surface area (Å²) in [6.07, 6.45) is 1.66. The first-order valence-corrected chi connectivity index (χ1v) is 5.75. The zero-order valence-electron chi connectivity index (χ0n) is 9.79.